The molecule has 0 saturated carbocycles. The number of nitrogens with two attached hydrogens (primary N) is 1. The summed E-state index contributed by atoms with van der Waals surface area (Å²) in [7, 11) is 0. The Balaban J connectivity index is 1.75. The third-order valence-electron chi connectivity index (χ3n) is 3.32. The highest BCUT2D eigenvalue weighted by atomic mass is 35.5. The highest BCUT2D eigenvalue weighted by molar-refractivity contribution is 6.31. The Morgan fingerprint density at radius 2 is 1.95 bits per heavy atom. The lowest BCUT2D eigenvalue weighted by atomic mass is 9.97. The molecule has 5 nitrogen and oxygen atoms in total. The van der Waals surface area contributed by atoms with Gasteiger partial charge in [0.05, 0.1) is 0 Å². The average Bonchev–Trinajstić information content (AvgIpc) is 2.92. The van der Waals surface area contributed by atoms with Gasteiger partial charge in [0.25, 0.3) is 0 Å². The number of rotatable bonds is 5. The van der Waals surface area contributed by atoms with Gasteiger partial charge in [0.2, 0.25) is 5.91 Å². The Morgan fingerprint density at radius 1 is 1.29 bits per heavy atom. The molecule has 0 spiro atoms. The molecule has 1 aromatic carbocycles. The number of carbonyl (C=O) groups is 2. The normalized spacial score (nSPS) is 15.7. The van der Waals surface area contributed by atoms with Crippen LogP contribution in [0.4, 0.5) is 0 Å². The first kappa shape index (κ1) is 15.5. The van der Waals surface area contributed by atoms with Crippen LogP contribution in [0.3, 0.4) is 0 Å². The fourth-order valence-corrected chi connectivity index (χ4v) is 2.20. The SMILES string of the molecule is NC1(C(=O)NCC(=O)OCc2ccccc2Cl)CC=CC1. The van der Waals surface area contributed by atoms with Crippen LogP contribution in [0.15, 0.2) is 36.4 Å². The lowest BCUT2D eigenvalue weighted by Crippen LogP contribution is -2.53. The largest absolute Gasteiger partial charge is 0.459 e. The van der Waals surface area contributed by atoms with Crippen LogP contribution in [-0.2, 0) is 20.9 Å². The maximum atomic E-state index is 11.9. The summed E-state index contributed by atoms with van der Waals surface area (Å²) in [6.07, 6.45) is 4.67. The van der Waals surface area contributed by atoms with Crippen molar-refractivity contribution in [2.45, 2.75) is 25.0 Å². The molecule has 0 heterocycles. The first-order valence-corrected chi connectivity index (χ1v) is 7.00. The quantitative estimate of drug-likeness (QED) is 0.639. The maximum absolute atomic E-state index is 11.9. The van der Waals surface area contributed by atoms with E-state index in [-0.39, 0.29) is 19.1 Å². The summed E-state index contributed by atoms with van der Waals surface area (Å²) in [5.41, 5.74) is 5.70. The van der Waals surface area contributed by atoms with E-state index < -0.39 is 11.5 Å². The summed E-state index contributed by atoms with van der Waals surface area (Å²) in [6.45, 7) is -0.133. The third kappa shape index (κ3) is 4.06. The minimum atomic E-state index is -0.941. The van der Waals surface area contributed by atoms with Crippen LogP contribution < -0.4 is 11.1 Å². The molecular formula is C15H17ClN2O3. The third-order valence-corrected chi connectivity index (χ3v) is 3.69. The van der Waals surface area contributed by atoms with Gasteiger partial charge < -0.3 is 15.8 Å². The van der Waals surface area contributed by atoms with Crippen molar-refractivity contribution in [3.63, 3.8) is 0 Å². The van der Waals surface area contributed by atoms with Gasteiger partial charge in [-0.05, 0) is 18.9 Å². The molecule has 1 amide bonds. The van der Waals surface area contributed by atoms with E-state index >= 15 is 0 Å². The number of nitrogens with one attached hydrogen (secondary N) is 1. The summed E-state index contributed by atoms with van der Waals surface area (Å²) >= 11 is 5.96. The fraction of sp³-hybridized carbons (Fsp3) is 0.333. The number of benzene rings is 1. The van der Waals surface area contributed by atoms with Crippen LogP contribution in [0.2, 0.25) is 5.02 Å². The Kier molecular flexibility index (Phi) is 4.98. The van der Waals surface area contributed by atoms with Gasteiger partial charge in [-0.2, -0.15) is 0 Å². The van der Waals surface area contributed by atoms with E-state index in [9.17, 15) is 9.59 Å². The molecule has 0 aromatic heterocycles. The van der Waals surface area contributed by atoms with E-state index in [0.29, 0.717) is 23.4 Å². The highest BCUT2D eigenvalue weighted by Gasteiger charge is 2.34. The molecule has 0 saturated heterocycles. The van der Waals surface area contributed by atoms with Gasteiger partial charge >= 0.3 is 5.97 Å². The van der Waals surface area contributed by atoms with E-state index in [1.165, 1.54) is 0 Å². The molecule has 0 fully saturated rings. The highest BCUT2D eigenvalue weighted by Crippen LogP contribution is 2.20. The average molecular weight is 309 g/mol. The van der Waals surface area contributed by atoms with Gasteiger partial charge in [0.1, 0.15) is 18.7 Å². The molecule has 21 heavy (non-hydrogen) atoms. The number of hydrogen-bond acceptors (Lipinski definition) is 4. The molecule has 2 rings (SSSR count). The zero-order chi connectivity index (χ0) is 15.3. The first-order valence-electron chi connectivity index (χ1n) is 6.62. The molecule has 0 unspecified atom stereocenters. The Labute approximate surface area is 128 Å². The van der Waals surface area contributed by atoms with Crippen molar-refractivity contribution in [3.8, 4) is 0 Å². The van der Waals surface area contributed by atoms with Gasteiger partial charge in [-0.3, -0.25) is 9.59 Å². The second-order valence-corrected chi connectivity index (χ2v) is 5.38. The molecular weight excluding hydrogens is 292 g/mol. The lowest BCUT2D eigenvalue weighted by molar-refractivity contribution is -0.145. The van der Waals surface area contributed by atoms with Gasteiger partial charge in [0, 0.05) is 10.6 Å². The second kappa shape index (κ2) is 6.74. The molecule has 0 atom stereocenters. The fourth-order valence-electron chi connectivity index (χ4n) is 2.01. The van der Waals surface area contributed by atoms with Crippen LogP contribution in [0.5, 0.6) is 0 Å². The summed E-state index contributed by atoms with van der Waals surface area (Å²) in [6, 6.07) is 7.09. The van der Waals surface area contributed by atoms with Crippen molar-refractivity contribution >= 4 is 23.5 Å². The number of hydrogen-bond donors (Lipinski definition) is 2. The molecule has 1 aliphatic rings. The van der Waals surface area contributed by atoms with E-state index in [1.807, 2.05) is 18.2 Å². The monoisotopic (exact) mass is 308 g/mol. The van der Waals surface area contributed by atoms with Crippen molar-refractivity contribution in [2.24, 2.45) is 5.73 Å². The van der Waals surface area contributed by atoms with Crippen molar-refractivity contribution in [2.75, 3.05) is 6.54 Å². The molecule has 0 bridgehead atoms. The Bertz CT molecular complexity index is 564. The Hall–Kier alpha value is -1.85. The number of esters is 1. The van der Waals surface area contributed by atoms with Crippen LogP contribution in [0.25, 0.3) is 0 Å². The minimum absolute atomic E-state index is 0.0731. The van der Waals surface area contributed by atoms with Gasteiger partial charge in [-0.25, -0.2) is 0 Å². The van der Waals surface area contributed by atoms with Crippen LogP contribution in [0.1, 0.15) is 18.4 Å². The number of carbonyl (C=O) groups excluding carboxylic acids is 2. The van der Waals surface area contributed by atoms with Crippen molar-refractivity contribution in [3.05, 3.63) is 47.0 Å². The summed E-state index contributed by atoms with van der Waals surface area (Å²) < 4.78 is 5.06. The van der Waals surface area contributed by atoms with E-state index in [0.717, 1.165) is 0 Å². The summed E-state index contributed by atoms with van der Waals surface area (Å²) in [4.78, 5) is 23.5. The van der Waals surface area contributed by atoms with Crippen LogP contribution >= 0.6 is 11.6 Å². The van der Waals surface area contributed by atoms with Crippen molar-refractivity contribution < 1.29 is 14.3 Å². The molecule has 1 aliphatic carbocycles. The molecule has 6 heteroatoms. The van der Waals surface area contributed by atoms with Gasteiger partial charge in [-0.15, -0.1) is 0 Å². The molecule has 0 aliphatic heterocycles. The van der Waals surface area contributed by atoms with Crippen molar-refractivity contribution in [1.29, 1.82) is 0 Å². The van der Waals surface area contributed by atoms with Crippen LogP contribution in [-0.4, -0.2) is 24.0 Å². The zero-order valence-corrected chi connectivity index (χ0v) is 12.2. The predicted octanol–water partition coefficient (Wildman–Crippen LogP) is 1.55. The zero-order valence-electron chi connectivity index (χ0n) is 11.5. The van der Waals surface area contributed by atoms with Gasteiger partial charge in [0.15, 0.2) is 0 Å². The van der Waals surface area contributed by atoms with Crippen LogP contribution in [0, 0.1) is 0 Å². The van der Waals surface area contributed by atoms with E-state index in [1.54, 1.807) is 18.2 Å². The number of amides is 1. The molecule has 1 aromatic rings. The standard InChI is InChI=1S/C15H17ClN2O3/c16-12-6-2-1-5-11(12)10-21-13(19)9-18-14(20)15(17)7-3-4-8-15/h1-6H,7-10,17H2,(H,18,20). The number of halogens is 1. The summed E-state index contributed by atoms with van der Waals surface area (Å²) in [5.74, 6) is -0.875. The second-order valence-electron chi connectivity index (χ2n) is 4.97. The maximum Gasteiger partial charge on any atom is 0.325 e. The Morgan fingerprint density at radius 3 is 2.62 bits per heavy atom. The molecule has 0 radical (unpaired) electrons. The van der Waals surface area contributed by atoms with Crippen molar-refractivity contribution in [1.82, 2.24) is 5.32 Å². The number of ether oxygens (including phenoxy) is 1. The molecule has 112 valence electrons. The van der Waals surface area contributed by atoms with Gasteiger partial charge in [-0.1, -0.05) is 42.0 Å². The van der Waals surface area contributed by atoms with E-state index in [2.05, 4.69) is 5.32 Å². The summed E-state index contributed by atoms with van der Waals surface area (Å²) in [5, 5.41) is 3.04. The molecule has 3 N–H and O–H groups in total. The smallest absolute Gasteiger partial charge is 0.325 e. The predicted molar refractivity (Wildman–Crippen MR) is 79.6 cm³/mol. The topological polar surface area (TPSA) is 81.4 Å². The minimum Gasteiger partial charge on any atom is -0.459 e. The lowest BCUT2D eigenvalue weighted by Gasteiger charge is -2.21. The first-order chi connectivity index (χ1) is 10.0. The van der Waals surface area contributed by atoms with E-state index in [4.69, 9.17) is 22.1 Å².